The number of carbonyl (C=O) groups is 1. The normalized spacial score (nSPS) is 11.8. The highest BCUT2D eigenvalue weighted by Gasteiger charge is 2.18. The molecule has 27 heavy (non-hydrogen) atoms. The molecule has 0 amide bonds. The number of furan rings is 1. The Balaban J connectivity index is 1.75. The lowest BCUT2D eigenvalue weighted by Crippen LogP contribution is -2.12. The molecule has 0 unspecified atom stereocenters. The molecule has 0 fully saturated rings. The first-order chi connectivity index (χ1) is 12.8. The fraction of sp³-hybridized carbons (Fsp3) is 0.0952. The van der Waals surface area contributed by atoms with Gasteiger partial charge < -0.3 is 4.42 Å². The van der Waals surface area contributed by atoms with Gasteiger partial charge in [-0.05, 0) is 55.0 Å². The summed E-state index contributed by atoms with van der Waals surface area (Å²) in [5.41, 5.74) is 1.39. The summed E-state index contributed by atoms with van der Waals surface area (Å²) in [4.78, 5) is 12.1. The van der Waals surface area contributed by atoms with Crippen LogP contribution in [0.3, 0.4) is 0 Å². The van der Waals surface area contributed by atoms with Gasteiger partial charge in [-0.15, -0.1) is 0 Å². The number of sulfonamides is 1. The molecule has 0 aliphatic carbocycles. The van der Waals surface area contributed by atoms with Crippen molar-refractivity contribution in [2.75, 3.05) is 4.72 Å². The number of nitrogens with one attached hydrogen (secondary N) is 1. The van der Waals surface area contributed by atoms with Gasteiger partial charge in [0.05, 0.1) is 10.5 Å². The minimum Gasteiger partial charge on any atom is -0.461 e. The summed E-state index contributed by atoms with van der Waals surface area (Å²) >= 11 is 0. The molecule has 3 aromatic carbocycles. The van der Waals surface area contributed by atoms with Crippen LogP contribution in [0.4, 0.5) is 5.69 Å². The number of hydrogen-bond donors (Lipinski definition) is 1. The Labute approximate surface area is 156 Å². The summed E-state index contributed by atoms with van der Waals surface area (Å²) in [6.45, 7) is 3.18. The molecule has 0 spiro atoms. The monoisotopic (exact) mass is 379 g/mol. The van der Waals surface area contributed by atoms with Crippen molar-refractivity contribution in [2.45, 2.75) is 18.7 Å². The Bertz CT molecular complexity index is 1300. The highest BCUT2D eigenvalue weighted by molar-refractivity contribution is 7.92. The van der Waals surface area contributed by atoms with Gasteiger partial charge in [-0.1, -0.05) is 30.3 Å². The van der Waals surface area contributed by atoms with Crippen molar-refractivity contribution in [2.24, 2.45) is 0 Å². The zero-order valence-corrected chi connectivity index (χ0v) is 15.6. The maximum Gasteiger partial charge on any atom is 0.261 e. The fourth-order valence-electron chi connectivity index (χ4n) is 3.27. The molecule has 5 nitrogen and oxygen atoms in total. The molecule has 1 heterocycles. The number of aryl methyl sites for hydroxylation is 1. The number of Topliss-reactive ketones (excluding diaryl/α,β-unsaturated/α-hetero) is 1. The largest absolute Gasteiger partial charge is 0.461 e. The minimum absolute atomic E-state index is 0.124. The van der Waals surface area contributed by atoms with Gasteiger partial charge >= 0.3 is 0 Å². The number of hydrogen-bond acceptors (Lipinski definition) is 4. The van der Waals surface area contributed by atoms with Crippen LogP contribution in [0.5, 0.6) is 0 Å². The fourth-order valence-corrected chi connectivity index (χ4v) is 4.35. The van der Waals surface area contributed by atoms with Gasteiger partial charge in [-0.3, -0.25) is 9.52 Å². The van der Waals surface area contributed by atoms with Crippen molar-refractivity contribution in [3.05, 3.63) is 72.0 Å². The molecule has 0 aliphatic heterocycles. The van der Waals surface area contributed by atoms with Crippen molar-refractivity contribution in [1.29, 1.82) is 0 Å². The van der Waals surface area contributed by atoms with Crippen molar-refractivity contribution in [3.8, 4) is 0 Å². The van der Waals surface area contributed by atoms with Crippen molar-refractivity contribution < 1.29 is 17.6 Å². The van der Waals surface area contributed by atoms with Crippen LogP contribution in [0.15, 0.2) is 70.0 Å². The Hall–Kier alpha value is -3.12. The van der Waals surface area contributed by atoms with Gasteiger partial charge in [0.1, 0.15) is 11.3 Å². The van der Waals surface area contributed by atoms with Crippen molar-refractivity contribution in [3.63, 3.8) is 0 Å². The maximum atomic E-state index is 12.8. The zero-order chi connectivity index (χ0) is 19.2. The van der Waals surface area contributed by atoms with E-state index in [2.05, 4.69) is 4.72 Å². The van der Waals surface area contributed by atoms with E-state index in [1.54, 1.807) is 43.3 Å². The van der Waals surface area contributed by atoms with Gasteiger partial charge in [0.25, 0.3) is 10.0 Å². The summed E-state index contributed by atoms with van der Waals surface area (Å²) in [5.74, 6) is 0.396. The molecule has 1 aromatic heterocycles. The SMILES string of the molecule is CC(=O)c1c(C)oc2ccc(NS(=O)(=O)c3ccc4ccccc4c3)cc12. The van der Waals surface area contributed by atoms with E-state index in [1.807, 2.05) is 24.3 Å². The van der Waals surface area contributed by atoms with Gasteiger partial charge in [-0.25, -0.2) is 8.42 Å². The third-order valence-corrected chi connectivity index (χ3v) is 5.88. The molecule has 1 N–H and O–H groups in total. The van der Waals surface area contributed by atoms with Crippen LogP contribution in [0.2, 0.25) is 0 Å². The van der Waals surface area contributed by atoms with E-state index in [4.69, 9.17) is 4.42 Å². The second-order valence-electron chi connectivity index (χ2n) is 6.41. The quantitative estimate of drug-likeness (QED) is 0.512. The first-order valence-corrected chi connectivity index (χ1v) is 9.89. The lowest BCUT2D eigenvalue weighted by molar-refractivity contribution is 0.101. The summed E-state index contributed by atoms with van der Waals surface area (Å²) in [5, 5.41) is 2.41. The van der Waals surface area contributed by atoms with Gasteiger partial charge in [-0.2, -0.15) is 0 Å². The molecular formula is C21H17NO4S. The zero-order valence-electron chi connectivity index (χ0n) is 14.8. The third kappa shape index (κ3) is 3.08. The molecule has 0 atom stereocenters. The summed E-state index contributed by atoms with van der Waals surface area (Å²) < 4.78 is 33.8. The van der Waals surface area contributed by atoms with E-state index in [-0.39, 0.29) is 10.7 Å². The lowest BCUT2D eigenvalue weighted by Gasteiger charge is -2.09. The highest BCUT2D eigenvalue weighted by Crippen LogP contribution is 2.29. The Morgan fingerprint density at radius 3 is 2.44 bits per heavy atom. The topological polar surface area (TPSA) is 76.4 Å². The molecule has 136 valence electrons. The van der Waals surface area contributed by atoms with Gasteiger partial charge in [0.2, 0.25) is 0 Å². The third-order valence-electron chi connectivity index (χ3n) is 4.50. The molecule has 0 saturated heterocycles. The molecule has 4 rings (SSSR count). The molecule has 0 aliphatic rings. The summed E-state index contributed by atoms with van der Waals surface area (Å²) in [6, 6.07) is 17.5. The minimum atomic E-state index is -3.77. The predicted octanol–water partition coefficient (Wildman–Crippen LogP) is 4.90. The average Bonchev–Trinajstić information content (AvgIpc) is 2.96. The second-order valence-corrected chi connectivity index (χ2v) is 8.10. The Morgan fingerprint density at radius 1 is 0.963 bits per heavy atom. The lowest BCUT2D eigenvalue weighted by atomic mass is 10.1. The summed E-state index contributed by atoms with van der Waals surface area (Å²) in [7, 11) is -3.77. The smallest absolute Gasteiger partial charge is 0.261 e. The molecule has 0 saturated carbocycles. The van der Waals surface area contributed by atoms with Crippen LogP contribution in [0, 0.1) is 6.92 Å². The van der Waals surface area contributed by atoms with Crippen LogP contribution < -0.4 is 4.72 Å². The number of carbonyl (C=O) groups excluding carboxylic acids is 1. The average molecular weight is 379 g/mol. The Kier molecular flexibility index (Phi) is 4.00. The highest BCUT2D eigenvalue weighted by atomic mass is 32.2. The van der Waals surface area contributed by atoms with E-state index in [0.717, 1.165) is 10.8 Å². The number of benzene rings is 3. The number of rotatable bonds is 4. The van der Waals surface area contributed by atoms with E-state index >= 15 is 0 Å². The number of ketones is 1. The molecule has 4 aromatic rings. The van der Waals surface area contributed by atoms with E-state index in [9.17, 15) is 13.2 Å². The number of fused-ring (bicyclic) bond motifs is 2. The maximum absolute atomic E-state index is 12.8. The van der Waals surface area contributed by atoms with E-state index in [1.165, 1.54) is 6.92 Å². The van der Waals surface area contributed by atoms with Crippen LogP contribution in [0.25, 0.3) is 21.7 Å². The summed E-state index contributed by atoms with van der Waals surface area (Å²) in [6.07, 6.45) is 0. The van der Waals surface area contributed by atoms with Gasteiger partial charge in [0.15, 0.2) is 5.78 Å². The van der Waals surface area contributed by atoms with Crippen LogP contribution in [0.1, 0.15) is 23.0 Å². The second kappa shape index (κ2) is 6.25. The van der Waals surface area contributed by atoms with E-state index in [0.29, 0.717) is 28.0 Å². The standard InChI is InChI=1S/C21H17NO4S/c1-13(23)21-14(2)26-20-10-8-17(12-19(20)21)22-27(24,25)18-9-7-15-5-3-4-6-16(15)11-18/h3-12,22H,1-2H3. The van der Waals surface area contributed by atoms with E-state index < -0.39 is 10.0 Å². The van der Waals surface area contributed by atoms with Crippen molar-refractivity contribution >= 4 is 43.2 Å². The van der Waals surface area contributed by atoms with Gasteiger partial charge in [0, 0.05) is 11.1 Å². The molecule has 0 radical (unpaired) electrons. The predicted molar refractivity (Wildman–Crippen MR) is 106 cm³/mol. The first-order valence-electron chi connectivity index (χ1n) is 8.41. The molecule has 0 bridgehead atoms. The molecule has 6 heteroatoms. The Morgan fingerprint density at radius 2 is 1.70 bits per heavy atom. The van der Waals surface area contributed by atoms with Crippen molar-refractivity contribution in [1.82, 2.24) is 0 Å². The van der Waals surface area contributed by atoms with Crippen LogP contribution in [-0.4, -0.2) is 14.2 Å². The molecular weight excluding hydrogens is 362 g/mol. The number of anilines is 1. The van der Waals surface area contributed by atoms with Crippen LogP contribution >= 0.6 is 0 Å². The first kappa shape index (κ1) is 17.3. The van der Waals surface area contributed by atoms with Crippen LogP contribution in [-0.2, 0) is 10.0 Å².